The van der Waals surface area contributed by atoms with E-state index in [9.17, 15) is 4.79 Å². The van der Waals surface area contributed by atoms with E-state index in [1.165, 1.54) is 11.6 Å². The summed E-state index contributed by atoms with van der Waals surface area (Å²) in [6.45, 7) is 6.78. The first-order valence-electron chi connectivity index (χ1n) is 6.80. The molecular formula is C18H18BrNO. The second kappa shape index (κ2) is 7.23. The summed E-state index contributed by atoms with van der Waals surface area (Å²) in [7, 11) is 0. The molecule has 3 heteroatoms. The zero-order chi connectivity index (χ0) is 15.2. The lowest BCUT2D eigenvalue weighted by atomic mass is 10.1. The number of carbonyl (C=O) groups excluding carboxylic acids is 1. The summed E-state index contributed by atoms with van der Waals surface area (Å²) in [4.78, 5) is 13.9. The molecule has 0 spiro atoms. The van der Waals surface area contributed by atoms with Crippen molar-refractivity contribution in [3.63, 3.8) is 0 Å². The highest BCUT2D eigenvalue weighted by atomic mass is 79.9. The first-order chi connectivity index (χ1) is 10.1. The summed E-state index contributed by atoms with van der Waals surface area (Å²) in [5, 5.41) is 0. The van der Waals surface area contributed by atoms with Crippen LogP contribution < -0.4 is 0 Å². The van der Waals surface area contributed by atoms with Crippen LogP contribution in [0.25, 0.3) is 0 Å². The molecule has 0 N–H and O–H groups in total. The van der Waals surface area contributed by atoms with Crippen molar-refractivity contribution in [3.8, 4) is 0 Å². The fraction of sp³-hybridized carbons (Fsp3) is 0.167. The van der Waals surface area contributed by atoms with E-state index in [1.807, 2.05) is 49.4 Å². The molecule has 0 fully saturated rings. The summed E-state index contributed by atoms with van der Waals surface area (Å²) < 4.78 is 1.02. The van der Waals surface area contributed by atoms with Gasteiger partial charge in [-0.3, -0.25) is 4.79 Å². The Balaban J connectivity index is 2.22. The lowest BCUT2D eigenvalue weighted by Crippen LogP contribution is -2.28. The van der Waals surface area contributed by atoms with Gasteiger partial charge in [0, 0.05) is 17.6 Å². The number of hydrogen-bond acceptors (Lipinski definition) is 1. The Bertz CT molecular complexity index is 637. The molecule has 0 aliphatic rings. The van der Waals surface area contributed by atoms with Gasteiger partial charge in [0.15, 0.2) is 0 Å². The monoisotopic (exact) mass is 343 g/mol. The molecule has 0 aliphatic carbocycles. The lowest BCUT2D eigenvalue weighted by Gasteiger charge is -2.22. The van der Waals surface area contributed by atoms with Crippen molar-refractivity contribution in [2.45, 2.75) is 20.0 Å². The van der Waals surface area contributed by atoms with Crippen LogP contribution >= 0.6 is 15.9 Å². The predicted molar refractivity (Wildman–Crippen MR) is 89.8 cm³/mol. The number of carbonyl (C=O) groups is 1. The standard InChI is InChI=1S/C18H18BrNO/c1-3-18(21)20(12-15-7-5-4-6-8-15)13-16-11-14(2)9-10-17(16)19/h3-11H,1,12-13H2,2H3. The van der Waals surface area contributed by atoms with Crippen molar-refractivity contribution in [1.82, 2.24) is 4.90 Å². The molecule has 0 aliphatic heterocycles. The first kappa shape index (κ1) is 15.5. The van der Waals surface area contributed by atoms with Gasteiger partial charge in [0.1, 0.15) is 0 Å². The van der Waals surface area contributed by atoms with Crippen molar-refractivity contribution in [1.29, 1.82) is 0 Å². The van der Waals surface area contributed by atoms with Crippen LogP contribution in [0.1, 0.15) is 16.7 Å². The smallest absolute Gasteiger partial charge is 0.246 e. The van der Waals surface area contributed by atoms with Crippen LogP contribution in [-0.4, -0.2) is 10.8 Å². The predicted octanol–water partition coefficient (Wildman–Crippen LogP) is 4.47. The second-order valence-electron chi connectivity index (χ2n) is 4.98. The van der Waals surface area contributed by atoms with Crippen molar-refractivity contribution < 1.29 is 4.79 Å². The number of hydrogen-bond donors (Lipinski definition) is 0. The third-order valence-corrected chi connectivity index (χ3v) is 4.04. The van der Waals surface area contributed by atoms with Gasteiger partial charge < -0.3 is 4.90 Å². The van der Waals surface area contributed by atoms with Crippen LogP contribution in [0.4, 0.5) is 0 Å². The van der Waals surface area contributed by atoms with E-state index in [0.717, 1.165) is 15.6 Å². The zero-order valence-electron chi connectivity index (χ0n) is 12.1. The van der Waals surface area contributed by atoms with Crippen LogP contribution in [0.2, 0.25) is 0 Å². The molecule has 2 nitrogen and oxygen atoms in total. The van der Waals surface area contributed by atoms with Gasteiger partial charge in [0.2, 0.25) is 5.91 Å². The fourth-order valence-electron chi connectivity index (χ4n) is 2.17. The van der Waals surface area contributed by atoms with E-state index in [0.29, 0.717) is 13.1 Å². The van der Waals surface area contributed by atoms with Crippen molar-refractivity contribution in [3.05, 3.63) is 82.3 Å². The second-order valence-corrected chi connectivity index (χ2v) is 5.83. The van der Waals surface area contributed by atoms with Gasteiger partial charge >= 0.3 is 0 Å². The Hall–Kier alpha value is -1.87. The Morgan fingerprint density at radius 2 is 1.90 bits per heavy atom. The van der Waals surface area contributed by atoms with E-state index >= 15 is 0 Å². The van der Waals surface area contributed by atoms with Crippen LogP contribution in [0.5, 0.6) is 0 Å². The maximum atomic E-state index is 12.1. The van der Waals surface area contributed by atoms with Crippen molar-refractivity contribution >= 4 is 21.8 Å². The minimum atomic E-state index is -0.0627. The largest absolute Gasteiger partial charge is 0.330 e. The van der Waals surface area contributed by atoms with Gasteiger partial charge in [-0.05, 0) is 30.2 Å². The van der Waals surface area contributed by atoms with Crippen molar-refractivity contribution in [2.75, 3.05) is 0 Å². The Kier molecular flexibility index (Phi) is 5.34. The summed E-state index contributed by atoms with van der Waals surface area (Å²) in [5.41, 5.74) is 3.39. The molecule has 0 aromatic heterocycles. The minimum Gasteiger partial charge on any atom is -0.330 e. The molecule has 1 amide bonds. The molecule has 0 saturated heterocycles. The van der Waals surface area contributed by atoms with Gasteiger partial charge in [-0.1, -0.05) is 70.5 Å². The van der Waals surface area contributed by atoms with E-state index in [4.69, 9.17) is 0 Å². The number of rotatable bonds is 5. The quantitative estimate of drug-likeness (QED) is 0.733. The number of nitrogens with zero attached hydrogens (tertiary/aromatic N) is 1. The average molecular weight is 344 g/mol. The normalized spacial score (nSPS) is 10.2. The number of halogens is 1. The van der Waals surface area contributed by atoms with E-state index in [-0.39, 0.29) is 5.91 Å². The topological polar surface area (TPSA) is 20.3 Å². The first-order valence-corrected chi connectivity index (χ1v) is 7.59. The van der Waals surface area contributed by atoms with Gasteiger partial charge in [0.05, 0.1) is 0 Å². The number of aryl methyl sites for hydroxylation is 1. The molecular weight excluding hydrogens is 326 g/mol. The van der Waals surface area contributed by atoms with Gasteiger partial charge in [-0.25, -0.2) is 0 Å². The summed E-state index contributed by atoms with van der Waals surface area (Å²) in [5.74, 6) is -0.0627. The molecule has 2 aromatic rings. The Morgan fingerprint density at radius 3 is 2.57 bits per heavy atom. The number of amides is 1. The molecule has 0 heterocycles. The Morgan fingerprint density at radius 1 is 1.19 bits per heavy atom. The summed E-state index contributed by atoms with van der Waals surface area (Å²) >= 11 is 3.55. The highest BCUT2D eigenvalue weighted by Gasteiger charge is 2.13. The van der Waals surface area contributed by atoms with E-state index < -0.39 is 0 Å². The summed E-state index contributed by atoms with van der Waals surface area (Å²) in [6, 6.07) is 16.1. The molecule has 2 aromatic carbocycles. The molecule has 108 valence electrons. The maximum absolute atomic E-state index is 12.1. The fourth-order valence-corrected chi connectivity index (χ4v) is 2.55. The molecule has 0 radical (unpaired) electrons. The molecule has 2 rings (SSSR count). The third kappa shape index (κ3) is 4.30. The molecule has 0 atom stereocenters. The SMILES string of the molecule is C=CC(=O)N(Cc1ccccc1)Cc1cc(C)ccc1Br. The van der Waals surface area contributed by atoms with E-state index in [2.05, 4.69) is 28.6 Å². The minimum absolute atomic E-state index is 0.0627. The zero-order valence-corrected chi connectivity index (χ0v) is 13.6. The third-order valence-electron chi connectivity index (χ3n) is 3.26. The average Bonchev–Trinajstić information content (AvgIpc) is 2.50. The van der Waals surface area contributed by atoms with Crippen LogP contribution in [0.3, 0.4) is 0 Å². The molecule has 0 unspecified atom stereocenters. The summed E-state index contributed by atoms with van der Waals surface area (Å²) in [6.07, 6.45) is 1.37. The van der Waals surface area contributed by atoms with Crippen LogP contribution in [0, 0.1) is 6.92 Å². The van der Waals surface area contributed by atoms with Gasteiger partial charge in [-0.2, -0.15) is 0 Å². The highest BCUT2D eigenvalue weighted by molar-refractivity contribution is 9.10. The van der Waals surface area contributed by atoms with Gasteiger partial charge in [0.25, 0.3) is 0 Å². The van der Waals surface area contributed by atoms with E-state index in [1.54, 1.807) is 4.90 Å². The number of benzene rings is 2. The van der Waals surface area contributed by atoms with Crippen LogP contribution in [-0.2, 0) is 17.9 Å². The Labute approximate surface area is 134 Å². The highest BCUT2D eigenvalue weighted by Crippen LogP contribution is 2.21. The van der Waals surface area contributed by atoms with Crippen molar-refractivity contribution in [2.24, 2.45) is 0 Å². The lowest BCUT2D eigenvalue weighted by molar-refractivity contribution is -0.127. The molecule has 21 heavy (non-hydrogen) atoms. The molecule has 0 bridgehead atoms. The van der Waals surface area contributed by atoms with Gasteiger partial charge in [-0.15, -0.1) is 0 Å². The molecule has 0 saturated carbocycles. The van der Waals surface area contributed by atoms with Crippen LogP contribution in [0.15, 0.2) is 65.7 Å². The maximum Gasteiger partial charge on any atom is 0.246 e.